The zero-order valence-electron chi connectivity index (χ0n) is 13.6. The van der Waals surface area contributed by atoms with E-state index >= 15 is 0 Å². The minimum absolute atomic E-state index is 0.297. The second kappa shape index (κ2) is 8.49. The molecule has 0 aliphatic carbocycles. The Morgan fingerprint density at radius 2 is 1.68 bits per heavy atom. The number of rotatable bonds is 7. The normalized spacial score (nSPS) is 11.2. The lowest BCUT2D eigenvalue weighted by molar-refractivity contribution is -0.155. The van der Waals surface area contributed by atoms with E-state index in [1.807, 2.05) is 6.07 Å². The first kappa shape index (κ1) is 18.0. The zero-order valence-corrected chi connectivity index (χ0v) is 13.6. The van der Waals surface area contributed by atoms with Gasteiger partial charge in [-0.2, -0.15) is 0 Å². The number of primary amides is 1. The SMILES string of the molecule is C[C@@H](OC(=O)COc1ccccc1)C(=O)Nc1ccc(C(N)=O)cc1. The van der Waals surface area contributed by atoms with Crippen molar-refractivity contribution < 1.29 is 23.9 Å². The summed E-state index contributed by atoms with van der Waals surface area (Å²) >= 11 is 0. The van der Waals surface area contributed by atoms with E-state index in [1.54, 1.807) is 24.3 Å². The van der Waals surface area contributed by atoms with Gasteiger partial charge in [-0.25, -0.2) is 4.79 Å². The van der Waals surface area contributed by atoms with E-state index in [9.17, 15) is 14.4 Å². The van der Waals surface area contributed by atoms with E-state index in [2.05, 4.69) is 5.32 Å². The van der Waals surface area contributed by atoms with Crippen LogP contribution in [-0.4, -0.2) is 30.5 Å². The molecule has 0 heterocycles. The fourth-order valence-corrected chi connectivity index (χ4v) is 1.91. The molecule has 0 aromatic heterocycles. The Morgan fingerprint density at radius 3 is 2.28 bits per heavy atom. The fourth-order valence-electron chi connectivity index (χ4n) is 1.91. The first-order chi connectivity index (χ1) is 12.0. The molecular formula is C18H18N2O5. The number of ether oxygens (including phenoxy) is 2. The van der Waals surface area contributed by atoms with E-state index < -0.39 is 23.9 Å². The summed E-state index contributed by atoms with van der Waals surface area (Å²) in [4.78, 5) is 34.7. The molecule has 2 aromatic carbocycles. The van der Waals surface area contributed by atoms with Crippen molar-refractivity contribution in [3.63, 3.8) is 0 Å². The predicted molar refractivity (Wildman–Crippen MR) is 91.1 cm³/mol. The summed E-state index contributed by atoms with van der Waals surface area (Å²) in [5.74, 6) is -1.18. The van der Waals surface area contributed by atoms with Gasteiger partial charge in [-0.05, 0) is 43.3 Å². The van der Waals surface area contributed by atoms with Gasteiger partial charge < -0.3 is 20.5 Å². The highest BCUT2D eigenvalue weighted by molar-refractivity contribution is 5.96. The molecular weight excluding hydrogens is 324 g/mol. The first-order valence-electron chi connectivity index (χ1n) is 7.54. The average molecular weight is 342 g/mol. The zero-order chi connectivity index (χ0) is 18.2. The summed E-state index contributed by atoms with van der Waals surface area (Å²) in [5.41, 5.74) is 5.93. The van der Waals surface area contributed by atoms with Gasteiger partial charge in [-0.1, -0.05) is 18.2 Å². The summed E-state index contributed by atoms with van der Waals surface area (Å²) in [6.07, 6.45) is -0.998. The highest BCUT2D eigenvalue weighted by Gasteiger charge is 2.18. The van der Waals surface area contributed by atoms with Crippen LogP contribution >= 0.6 is 0 Å². The van der Waals surface area contributed by atoms with Gasteiger partial charge in [0.2, 0.25) is 5.91 Å². The molecule has 7 heteroatoms. The summed E-state index contributed by atoms with van der Waals surface area (Å²) in [6, 6.07) is 14.8. The standard InChI is InChI=1S/C18H18N2O5/c1-12(25-16(21)11-24-15-5-3-2-4-6-15)18(23)20-14-9-7-13(8-10-14)17(19)22/h2-10,12H,11H2,1H3,(H2,19,22)(H,20,23)/t12-/m1/s1. The molecule has 0 saturated carbocycles. The Morgan fingerprint density at radius 1 is 1.04 bits per heavy atom. The molecule has 0 unspecified atom stereocenters. The first-order valence-corrected chi connectivity index (χ1v) is 7.54. The minimum atomic E-state index is -0.998. The summed E-state index contributed by atoms with van der Waals surface area (Å²) in [7, 11) is 0. The average Bonchev–Trinajstić information content (AvgIpc) is 2.61. The lowest BCUT2D eigenvalue weighted by atomic mass is 10.2. The number of anilines is 1. The van der Waals surface area contributed by atoms with Gasteiger partial charge >= 0.3 is 5.97 Å². The Kier molecular flexibility index (Phi) is 6.11. The Hall–Kier alpha value is -3.35. The van der Waals surface area contributed by atoms with Crippen molar-refractivity contribution in [1.29, 1.82) is 0 Å². The highest BCUT2D eigenvalue weighted by Crippen LogP contribution is 2.11. The van der Waals surface area contributed by atoms with Crippen molar-refractivity contribution >= 4 is 23.5 Å². The van der Waals surface area contributed by atoms with Gasteiger partial charge in [0.05, 0.1) is 0 Å². The number of hydrogen-bond donors (Lipinski definition) is 2. The number of esters is 1. The lowest BCUT2D eigenvalue weighted by Gasteiger charge is -2.14. The van der Waals surface area contributed by atoms with Crippen LogP contribution in [0.3, 0.4) is 0 Å². The van der Waals surface area contributed by atoms with Crippen LogP contribution in [0.15, 0.2) is 54.6 Å². The fraction of sp³-hybridized carbons (Fsp3) is 0.167. The van der Waals surface area contributed by atoms with Gasteiger partial charge in [0, 0.05) is 11.3 Å². The smallest absolute Gasteiger partial charge is 0.344 e. The van der Waals surface area contributed by atoms with Crippen LogP contribution in [-0.2, 0) is 14.3 Å². The van der Waals surface area contributed by atoms with Crippen LogP contribution in [0.4, 0.5) is 5.69 Å². The molecule has 0 bridgehead atoms. The largest absolute Gasteiger partial charge is 0.482 e. The van der Waals surface area contributed by atoms with Crippen LogP contribution in [0.2, 0.25) is 0 Å². The molecule has 0 spiro atoms. The van der Waals surface area contributed by atoms with E-state index in [0.717, 1.165) is 0 Å². The van der Waals surface area contributed by atoms with Crippen molar-refractivity contribution in [3.05, 3.63) is 60.2 Å². The third kappa shape index (κ3) is 5.65. The highest BCUT2D eigenvalue weighted by atomic mass is 16.6. The number of carbonyl (C=O) groups excluding carboxylic acids is 3. The number of nitrogens with two attached hydrogens (primary N) is 1. The molecule has 130 valence electrons. The van der Waals surface area contributed by atoms with E-state index in [4.69, 9.17) is 15.2 Å². The summed E-state index contributed by atoms with van der Waals surface area (Å²) in [6.45, 7) is 1.16. The maximum atomic E-state index is 12.0. The number of carbonyl (C=O) groups is 3. The monoisotopic (exact) mass is 342 g/mol. The van der Waals surface area contributed by atoms with Gasteiger partial charge in [0.15, 0.2) is 12.7 Å². The molecule has 25 heavy (non-hydrogen) atoms. The molecule has 7 nitrogen and oxygen atoms in total. The van der Waals surface area contributed by atoms with Crippen LogP contribution in [0.25, 0.3) is 0 Å². The number of hydrogen-bond acceptors (Lipinski definition) is 5. The van der Waals surface area contributed by atoms with Gasteiger partial charge in [-0.3, -0.25) is 9.59 Å². The topological polar surface area (TPSA) is 108 Å². The van der Waals surface area contributed by atoms with Crippen LogP contribution in [0, 0.1) is 0 Å². The van der Waals surface area contributed by atoms with Crippen LogP contribution in [0.1, 0.15) is 17.3 Å². The summed E-state index contributed by atoms with van der Waals surface area (Å²) < 4.78 is 10.3. The summed E-state index contributed by atoms with van der Waals surface area (Å²) in [5, 5.41) is 2.58. The minimum Gasteiger partial charge on any atom is -0.482 e. The predicted octanol–water partition coefficient (Wildman–Crippen LogP) is 1.73. The number of benzene rings is 2. The van der Waals surface area contributed by atoms with Gasteiger partial charge in [-0.15, -0.1) is 0 Å². The molecule has 0 saturated heterocycles. The Bertz CT molecular complexity index is 744. The van der Waals surface area contributed by atoms with Crippen molar-refractivity contribution in [1.82, 2.24) is 0 Å². The molecule has 1 atom stereocenters. The molecule has 2 amide bonds. The van der Waals surface area contributed by atoms with Crippen molar-refractivity contribution in [3.8, 4) is 5.75 Å². The molecule has 2 aromatic rings. The third-order valence-electron chi connectivity index (χ3n) is 3.21. The maximum Gasteiger partial charge on any atom is 0.344 e. The second-order valence-corrected chi connectivity index (χ2v) is 5.16. The molecule has 0 fully saturated rings. The van der Waals surface area contributed by atoms with Gasteiger partial charge in [0.25, 0.3) is 5.91 Å². The quantitative estimate of drug-likeness (QED) is 0.745. The van der Waals surface area contributed by atoms with Crippen LogP contribution < -0.4 is 15.8 Å². The number of amides is 2. The molecule has 3 N–H and O–H groups in total. The number of para-hydroxylation sites is 1. The maximum absolute atomic E-state index is 12.0. The van der Waals surface area contributed by atoms with Gasteiger partial charge in [0.1, 0.15) is 5.75 Å². The molecule has 0 aliphatic rings. The van der Waals surface area contributed by atoms with Crippen molar-refractivity contribution in [2.75, 3.05) is 11.9 Å². The molecule has 0 aliphatic heterocycles. The number of nitrogens with one attached hydrogen (secondary N) is 1. The second-order valence-electron chi connectivity index (χ2n) is 5.16. The Labute approximate surface area is 144 Å². The van der Waals surface area contributed by atoms with Crippen LogP contribution in [0.5, 0.6) is 5.75 Å². The molecule has 2 rings (SSSR count). The van der Waals surface area contributed by atoms with Crippen molar-refractivity contribution in [2.24, 2.45) is 5.73 Å². The lowest BCUT2D eigenvalue weighted by Crippen LogP contribution is -2.31. The molecule has 0 radical (unpaired) electrons. The van der Waals surface area contributed by atoms with E-state index in [0.29, 0.717) is 17.0 Å². The third-order valence-corrected chi connectivity index (χ3v) is 3.21. The Balaban J connectivity index is 1.81. The van der Waals surface area contributed by atoms with E-state index in [1.165, 1.54) is 31.2 Å². The van der Waals surface area contributed by atoms with E-state index in [-0.39, 0.29) is 6.61 Å². The van der Waals surface area contributed by atoms with Crippen molar-refractivity contribution in [2.45, 2.75) is 13.0 Å².